The average molecular weight is 345 g/mol. The maximum absolute atomic E-state index is 12.1. The van der Waals surface area contributed by atoms with Crippen molar-refractivity contribution in [3.63, 3.8) is 0 Å². The zero-order chi connectivity index (χ0) is 18.4. The number of hydrogen-bond acceptors (Lipinski definition) is 3. The molecule has 0 radical (unpaired) electrons. The van der Waals surface area contributed by atoms with Crippen LogP contribution >= 0.6 is 0 Å². The molecule has 0 aliphatic rings. The van der Waals surface area contributed by atoms with Crippen LogP contribution in [0.25, 0.3) is 10.9 Å². The summed E-state index contributed by atoms with van der Waals surface area (Å²) in [7, 11) is 0. The molecule has 3 N–H and O–H groups in total. The number of benzene rings is 1. The third kappa shape index (κ3) is 5.06. The van der Waals surface area contributed by atoms with Crippen LogP contribution in [-0.2, 0) is 16.1 Å². The molecule has 0 saturated carbocycles. The predicted molar refractivity (Wildman–Crippen MR) is 99.4 cm³/mol. The molecule has 1 aromatic heterocycles. The van der Waals surface area contributed by atoms with Gasteiger partial charge in [-0.15, -0.1) is 0 Å². The van der Waals surface area contributed by atoms with Crippen molar-refractivity contribution >= 4 is 28.4 Å². The van der Waals surface area contributed by atoms with Crippen molar-refractivity contribution in [2.45, 2.75) is 40.2 Å². The molecule has 0 aliphatic heterocycles. The molecule has 1 heterocycles. The Morgan fingerprint density at radius 2 is 1.96 bits per heavy atom. The van der Waals surface area contributed by atoms with Crippen LogP contribution in [0.2, 0.25) is 0 Å². The van der Waals surface area contributed by atoms with Gasteiger partial charge in [-0.05, 0) is 42.5 Å². The van der Waals surface area contributed by atoms with Crippen LogP contribution in [0.4, 0.5) is 5.69 Å². The van der Waals surface area contributed by atoms with Crippen LogP contribution < -0.4 is 10.6 Å². The second kappa shape index (κ2) is 8.16. The summed E-state index contributed by atoms with van der Waals surface area (Å²) in [6.45, 7) is 7.31. The van der Waals surface area contributed by atoms with E-state index in [-0.39, 0.29) is 12.0 Å². The summed E-state index contributed by atoms with van der Waals surface area (Å²) >= 11 is 0. The first kappa shape index (κ1) is 19.0. The van der Waals surface area contributed by atoms with Crippen molar-refractivity contribution in [3.8, 4) is 0 Å². The Morgan fingerprint density at radius 3 is 2.64 bits per heavy atom. The summed E-state index contributed by atoms with van der Waals surface area (Å²) in [5, 5.41) is 15.3. The van der Waals surface area contributed by atoms with Gasteiger partial charge in [0.25, 0.3) is 0 Å². The van der Waals surface area contributed by atoms with Crippen molar-refractivity contribution in [1.82, 2.24) is 9.88 Å². The number of aliphatic hydroxyl groups excluding tert-OH is 1. The van der Waals surface area contributed by atoms with E-state index >= 15 is 0 Å². The largest absolute Gasteiger partial charge is 0.396 e. The smallest absolute Gasteiger partial charge is 0.313 e. The van der Waals surface area contributed by atoms with Crippen molar-refractivity contribution in [3.05, 3.63) is 30.5 Å². The summed E-state index contributed by atoms with van der Waals surface area (Å²) < 4.78 is 2.16. The molecule has 1 aromatic carbocycles. The van der Waals surface area contributed by atoms with E-state index in [2.05, 4.69) is 22.1 Å². The zero-order valence-corrected chi connectivity index (χ0v) is 15.1. The first-order valence-corrected chi connectivity index (χ1v) is 8.65. The number of fused-ring (bicyclic) bond motifs is 1. The number of aryl methyl sites for hydroxylation is 1. The van der Waals surface area contributed by atoms with E-state index < -0.39 is 11.8 Å². The number of nitrogens with zero attached hydrogens (tertiary/aromatic N) is 1. The number of carbonyl (C=O) groups excluding carboxylic acids is 2. The van der Waals surface area contributed by atoms with Crippen LogP contribution in [0.1, 0.15) is 33.6 Å². The lowest BCUT2D eigenvalue weighted by Crippen LogP contribution is -2.40. The van der Waals surface area contributed by atoms with Crippen molar-refractivity contribution in [2.24, 2.45) is 5.41 Å². The van der Waals surface area contributed by atoms with Crippen LogP contribution in [-0.4, -0.2) is 34.6 Å². The van der Waals surface area contributed by atoms with E-state index in [1.807, 2.05) is 38.2 Å². The number of nitrogens with one attached hydrogen (secondary N) is 2. The second-order valence-electron chi connectivity index (χ2n) is 7.06. The molecule has 0 fully saturated rings. The Balaban J connectivity index is 1.98. The Hall–Kier alpha value is -2.34. The summed E-state index contributed by atoms with van der Waals surface area (Å²) in [6, 6.07) is 7.61. The lowest BCUT2D eigenvalue weighted by atomic mass is 9.90. The molecule has 6 heteroatoms. The Labute approximate surface area is 148 Å². The van der Waals surface area contributed by atoms with Crippen molar-refractivity contribution < 1.29 is 14.7 Å². The highest BCUT2D eigenvalue weighted by atomic mass is 16.3. The molecule has 0 spiro atoms. The number of aliphatic hydroxyl groups is 1. The number of hydrogen-bond donors (Lipinski definition) is 3. The van der Waals surface area contributed by atoms with Gasteiger partial charge in [0.1, 0.15) is 0 Å². The molecule has 2 amide bonds. The number of rotatable bonds is 7. The molecule has 0 atom stereocenters. The van der Waals surface area contributed by atoms with E-state index in [0.29, 0.717) is 18.7 Å². The van der Waals surface area contributed by atoms with Gasteiger partial charge >= 0.3 is 11.8 Å². The maximum Gasteiger partial charge on any atom is 0.313 e. The van der Waals surface area contributed by atoms with E-state index in [0.717, 1.165) is 23.9 Å². The first-order valence-electron chi connectivity index (χ1n) is 8.65. The van der Waals surface area contributed by atoms with Gasteiger partial charge < -0.3 is 20.3 Å². The van der Waals surface area contributed by atoms with Gasteiger partial charge in [0.15, 0.2) is 0 Å². The Morgan fingerprint density at radius 1 is 1.20 bits per heavy atom. The van der Waals surface area contributed by atoms with Crippen LogP contribution in [0.5, 0.6) is 0 Å². The summed E-state index contributed by atoms with van der Waals surface area (Å²) in [5.74, 6) is -1.36. The van der Waals surface area contributed by atoms with Crippen LogP contribution in [0.15, 0.2) is 30.5 Å². The minimum atomic E-state index is -0.688. The third-order valence-electron chi connectivity index (χ3n) is 4.22. The molecular formula is C19H27N3O3. The number of anilines is 1. The quantitative estimate of drug-likeness (QED) is 0.674. The molecule has 136 valence electrons. The summed E-state index contributed by atoms with van der Waals surface area (Å²) in [4.78, 5) is 24.0. The number of carbonyl (C=O) groups is 2. The predicted octanol–water partition coefficient (Wildman–Crippen LogP) is 2.51. The standard InChI is InChI=1S/C19H27N3O3/c1-4-9-22-10-7-14-12-15(5-6-16(14)22)21-18(25)17(24)20-13-19(2,3)8-11-23/h5-7,10,12,23H,4,8-9,11,13H2,1-3H3,(H,20,24)(H,21,25). The fourth-order valence-corrected chi connectivity index (χ4v) is 2.69. The molecule has 0 saturated heterocycles. The van der Waals surface area contributed by atoms with Crippen molar-refractivity contribution in [2.75, 3.05) is 18.5 Å². The highest BCUT2D eigenvalue weighted by Crippen LogP contribution is 2.21. The van der Waals surface area contributed by atoms with E-state index in [1.165, 1.54) is 0 Å². The normalized spacial score (nSPS) is 11.5. The summed E-state index contributed by atoms with van der Waals surface area (Å²) in [5.41, 5.74) is 1.44. The minimum absolute atomic E-state index is 0.0484. The molecule has 25 heavy (non-hydrogen) atoms. The highest BCUT2D eigenvalue weighted by molar-refractivity contribution is 6.39. The average Bonchev–Trinajstić information content (AvgIpc) is 2.95. The van der Waals surface area contributed by atoms with Gasteiger partial charge in [-0.25, -0.2) is 0 Å². The van der Waals surface area contributed by atoms with E-state index in [4.69, 9.17) is 5.11 Å². The van der Waals surface area contributed by atoms with E-state index in [9.17, 15) is 9.59 Å². The topological polar surface area (TPSA) is 83.4 Å². The minimum Gasteiger partial charge on any atom is -0.396 e. The van der Waals surface area contributed by atoms with Gasteiger partial charge in [-0.3, -0.25) is 9.59 Å². The fraction of sp³-hybridized carbons (Fsp3) is 0.474. The van der Waals surface area contributed by atoms with Gasteiger partial charge in [0.2, 0.25) is 0 Å². The molecule has 0 unspecified atom stereocenters. The fourth-order valence-electron chi connectivity index (χ4n) is 2.69. The highest BCUT2D eigenvalue weighted by Gasteiger charge is 2.21. The van der Waals surface area contributed by atoms with Gasteiger partial charge in [0, 0.05) is 42.5 Å². The molecule has 2 aromatic rings. The van der Waals surface area contributed by atoms with E-state index in [1.54, 1.807) is 6.07 Å². The van der Waals surface area contributed by atoms with Crippen LogP contribution in [0, 0.1) is 5.41 Å². The van der Waals surface area contributed by atoms with Crippen LogP contribution in [0.3, 0.4) is 0 Å². The first-order chi connectivity index (χ1) is 11.9. The van der Waals surface area contributed by atoms with Crippen molar-refractivity contribution in [1.29, 1.82) is 0 Å². The monoisotopic (exact) mass is 345 g/mol. The third-order valence-corrected chi connectivity index (χ3v) is 4.22. The summed E-state index contributed by atoms with van der Waals surface area (Å²) in [6.07, 6.45) is 3.63. The SMILES string of the molecule is CCCn1ccc2cc(NC(=O)C(=O)NCC(C)(C)CCO)ccc21. The number of amides is 2. The molecular weight excluding hydrogens is 318 g/mol. The lowest BCUT2D eigenvalue weighted by molar-refractivity contribution is -0.136. The zero-order valence-electron chi connectivity index (χ0n) is 15.1. The number of aromatic nitrogens is 1. The molecule has 0 aliphatic carbocycles. The van der Waals surface area contributed by atoms with Gasteiger partial charge in [-0.2, -0.15) is 0 Å². The molecule has 2 rings (SSSR count). The van der Waals surface area contributed by atoms with Gasteiger partial charge in [-0.1, -0.05) is 20.8 Å². The lowest BCUT2D eigenvalue weighted by Gasteiger charge is -2.23. The Bertz CT molecular complexity index is 749. The Kier molecular flexibility index (Phi) is 6.20. The maximum atomic E-state index is 12.1. The molecule has 6 nitrogen and oxygen atoms in total. The molecule has 0 bridgehead atoms. The second-order valence-corrected chi connectivity index (χ2v) is 7.06. The van der Waals surface area contributed by atoms with Gasteiger partial charge in [0.05, 0.1) is 0 Å².